The standard InChI is InChI=1S/C18H13Cl2NO2/c19-15-7-6-13(12-16(15)20)8-9-18(10-11-18)21-17(22)23-14-4-2-1-3-5-14/h1-7,12H,10-11H2,(H,21,22). The molecule has 3 rings (SSSR count). The van der Waals surface area contributed by atoms with Gasteiger partial charge in [-0.3, -0.25) is 0 Å². The van der Waals surface area contributed by atoms with Gasteiger partial charge in [0.25, 0.3) is 0 Å². The van der Waals surface area contributed by atoms with Gasteiger partial charge in [0.15, 0.2) is 0 Å². The molecular formula is C18H13Cl2NO2. The first kappa shape index (κ1) is 15.7. The number of hydrogen-bond acceptors (Lipinski definition) is 2. The second-order valence-corrected chi connectivity index (χ2v) is 6.10. The molecule has 1 aliphatic rings. The molecule has 0 saturated heterocycles. The van der Waals surface area contributed by atoms with Crippen LogP contribution in [0, 0.1) is 11.8 Å². The van der Waals surface area contributed by atoms with Crippen LogP contribution in [-0.4, -0.2) is 11.6 Å². The lowest BCUT2D eigenvalue weighted by molar-refractivity contribution is 0.197. The predicted molar refractivity (Wildman–Crippen MR) is 90.9 cm³/mol. The summed E-state index contributed by atoms with van der Waals surface area (Å²) >= 11 is 11.8. The number of carbonyl (C=O) groups is 1. The highest BCUT2D eigenvalue weighted by atomic mass is 35.5. The Kier molecular flexibility index (Phi) is 4.47. The van der Waals surface area contributed by atoms with Crippen LogP contribution in [0.2, 0.25) is 10.0 Å². The van der Waals surface area contributed by atoms with E-state index in [0.29, 0.717) is 15.8 Å². The molecule has 1 amide bonds. The Morgan fingerprint density at radius 3 is 2.48 bits per heavy atom. The summed E-state index contributed by atoms with van der Waals surface area (Å²) in [4.78, 5) is 11.9. The Bertz CT molecular complexity index is 790. The van der Waals surface area contributed by atoms with Crippen molar-refractivity contribution in [2.45, 2.75) is 18.4 Å². The minimum atomic E-state index is -0.516. The zero-order valence-corrected chi connectivity index (χ0v) is 13.6. The number of ether oxygens (including phenoxy) is 1. The molecule has 1 N–H and O–H groups in total. The van der Waals surface area contributed by atoms with Gasteiger partial charge in [-0.25, -0.2) is 4.79 Å². The average Bonchev–Trinajstić information content (AvgIpc) is 3.29. The van der Waals surface area contributed by atoms with Gasteiger partial charge in [-0.15, -0.1) is 0 Å². The van der Waals surface area contributed by atoms with Crippen LogP contribution >= 0.6 is 23.2 Å². The molecule has 0 aliphatic heterocycles. The van der Waals surface area contributed by atoms with Gasteiger partial charge in [-0.1, -0.05) is 53.2 Å². The lowest BCUT2D eigenvalue weighted by atomic mass is 10.2. The summed E-state index contributed by atoms with van der Waals surface area (Å²) in [5, 5.41) is 3.77. The molecular weight excluding hydrogens is 333 g/mol. The quantitative estimate of drug-likeness (QED) is 0.803. The number of benzene rings is 2. The number of nitrogens with one attached hydrogen (secondary N) is 1. The summed E-state index contributed by atoms with van der Waals surface area (Å²) in [6.07, 6.45) is 1.09. The molecule has 0 heterocycles. The number of para-hydroxylation sites is 1. The molecule has 0 radical (unpaired) electrons. The van der Waals surface area contributed by atoms with Crippen LogP contribution in [0.25, 0.3) is 0 Å². The normalized spacial score (nSPS) is 14.3. The van der Waals surface area contributed by atoms with Crippen molar-refractivity contribution >= 4 is 29.3 Å². The Morgan fingerprint density at radius 2 is 1.83 bits per heavy atom. The number of amides is 1. The van der Waals surface area contributed by atoms with E-state index in [1.165, 1.54) is 0 Å². The van der Waals surface area contributed by atoms with Gasteiger partial charge in [-0.05, 0) is 43.2 Å². The monoisotopic (exact) mass is 345 g/mol. The fourth-order valence-corrected chi connectivity index (χ4v) is 2.29. The molecule has 0 atom stereocenters. The van der Waals surface area contributed by atoms with Crippen LogP contribution in [-0.2, 0) is 0 Å². The topological polar surface area (TPSA) is 38.3 Å². The smallest absolute Gasteiger partial charge is 0.410 e. The molecule has 1 aliphatic carbocycles. The number of rotatable bonds is 2. The van der Waals surface area contributed by atoms with Gasteiger partial charge in [0.1, 0.15) is 11.3 Å². The van der Waals surface area contributed by atoms with E-state index in [1.807, 2.05) is 6.07 Å². The van der Waals surface area contributed by atoms with E-state index in [9.17, 15) is 4.79 Å². The molecule has 0 spiro atoms. The van der Waals surface area contributed by atoms with Crippen LogP contribution < -0.4 is 10.1 Å². The first-order chi connectivity index (χ1) is 11.1. The summed E-state index contributed by atoms with van der Waals surface area (Å²) < 4.78 is 5.22. The third kappa shape index (κ3) is 4.19. The van der Waals surface area contributed by atoms with Crippen molar-refractivity contribution in [1.82, 2.24) is 5.32 Å². The second-order valence-electron chi connectivity index (χ2n) is 5.29. The lowest BCUT2D eigenvalue weighted by Gasteiger charge is -2.11. The molecule has 3 nitrogen and oxygen atoms in total. The molecule has 5 heteroatoms. The Labute approximate surface area is 144 Å². The van der Waals surface area contributed by atoms with Gasteiger partial charge in [0, 0.05) is 5.56 Å². The van der Waals surface area contributed by atoms with Crippen molar-refractivity contribution in [3.05, 3.63) is 64.1 Å². The largest absolute Gasteiger partial charge is 0.413 e. The minimum absolute atomic E-state index is 0.458. The molecule has 116 valence electrons. The van der Waals surface area contributed by atoms with Gasteiger partial charge in [0.05, 0.1) is 10.0 Å². The van der Waals surface area contributed by atoms with Crippen molar-refractivity contribution < 1.29 is 9.53 Å². The molecule has 0 bridgehead atoms. The van der Waals surface area contributed by atoms with Crippen LogP contribution in [0.15, 0.2) is 48.5 Å². The molecule has 2 aromatic carbocycles. The number of hydrogen-bond donors (Lipinski definition) is 1. The summed E-state index contributed by atoms with van der Waals surface area (Å²) in [6, 6.07) is 14.1. The first-order valence-electron chi connectivity index (χ1n) is 7.10. The zero-order valence-electron chi connectivity index (χ0n) is 12.1. The highest BCUT2D eigenvalue weighted by molar-refractivity contribution is 6.42. The summed E-state index contributed by atoms with van der Waals surface area (Å²) in [6.45, 7) is 0. The number of halogens is 2. The fourth-order valence-electron chi connectivity index (χ4n) is 1.99. The highest BCUT2D eigenvalue weighted by Crippen LogP contribution is 2.35. The summed E-state index contributed by atoms with van der Waals surface area (Å²) in [5.74, 6) is 6.61. The summed E-state index contributed by atoms with van der Waals surface area (Å²) in [5.41, 5.74) is 0.238. The minimum Gasteiger partial charge on any atom is -0.410 e. The highest BCUT2D eigenvalue weighted by Gasteiger charge is 2.43. The molecule has 1 saturated carbocycles. The van der Waals surface area contributed by atoms with Gasteiger partial charge >= 0.3 is 6.09 Å². The zero-order chi connectivity index (χ0) is 16.3. The van der Waals surface area contributed by atoms with Gasteiger partial charge < -0.3 is 10.1 Å². The maximum Gasteiger partial charge on any atom is 0.413 e. The van der Waals surface area contributed by atoms with Crippen molar-refractivity contribution in [2.24, 2.45) is 0 Å². The maximum absolute atomic E-state index is 11.9. The molecule has 0 aromatic heterocycles. The van der Waals surface area contributed by atoms with E-state index in [1.54, 1.807) is 42.5 Å². The van der Waals surface area contributed by atoms with Crippen molar-refractivity contribution in [3.63, 3.8) is 0 Å². The van der Waals surface area contributed by atoms with Crippen LogP contribution in [0.3, 0.4) is 0 Å². The lowest BCUT2D eigenvalue weighted by Crippen LogP contribution is -2.37. The van der Waals surface area contributed by atoms with Crippen molar-refractivity contribution in [2.75, 3.05) is 0 Å². The Hall–Kier alpha value is -2.15. The Balaban J connectivity index is 1.65. The van der Waals surface area contributed by atoms with E-state index in [2.05, 4.69) is 17.2 Å². The van der Waals surface area contributed by atoms with Gasteiger partial charge in [0.2, 0.25) is 0 Å². The van der Waals surface area contributed by atoms with Crippen molar-refractivity contribution in [1.29, 1.82) is 0 Å². The van der Waals surface area contributed by atoms with E-state index >= 15 is 0 Å². The Morgan fingerprint density at radius 1 is 1.09 bits per heavy atom. The molecule has 1 fully saturated rings. The summed E-state index contributed by atoms with van der Waals surface area (Å²) in [7, 11) is 0. The second kappa shape index (κ2) is 6.54. The first-order valence-corrected chi connectivity index (χ1v) is 7.85. The third-order valence-corrected chi connectivity index (χ3v) is 4.15. The predicted octanol–water partition coefficient (Wildman–Crippen LogP) is 4.67. The van der Waals surface area contributed by atoms with Crippen molar-refractivity contribution in [3.8, 4) is 17.6 Å². The van der Waals surface area contributed by atoms with Crippen LogP contribution in [0.4, 0.5) is 4.79 Å². The van der Waals surface area contributed by atoms with Gasteiger partial charge in [-0.2, -0.15) is 0 Å². The SMILES string of the molecule is O=C(NC1(C#Cc2ccc(Cl)c(Cl)c2)CC1)Oc1ccccc1. The van der Waals surface area contributed by atoms with E-state index in [0.717, 1.165) is 18.4 Å². The molecule has 2 aromatic rings. The van der Waals surface area contributed by atoms with Crippen LogP contribution in [0.1, 0.15) is 18.4 Å². The fraction of sp³-hybridized carbons (Fsp3) is 0.167. The maximum atomic E-state index is 11.9. The number of carbonyl (C=O) groups excluding carboxylic acids is 1. The van der Waals surface area contributed by atoms with E-state index in [4.69, 9.17) is 27.9 Å². The molecule has 23 heavy (non-hydrogen) atoms. The van der Waals surface area contributed by atoms with E-state index in [-0.39, 0.29) is 0 Å². The molecule has 0 unspecified atom stereocenters. The third-order valence-electron chi connectivity index (χ3n) is 3.41. The van der Waals surface area contributed by atoms with Crippen LogP contribution in [0.5, 0.6) is 5.75 Å². The average molecular weight is 346 g/mol. The van der Waals surface area contributed by atoms with E-state index < -0.39 is 11.6 Å².